The molecule has 0 radical (unpaired) electrons. The molecule has 1 aliphatic rings. The molecule has 212 valence electrons. The van der Waals surface area contributed by atoms with Crippen molar-refractivity contribution in [1.29, 1.82) is 0 Å². The maximum Gasteiger partial charge on any atom is 0.404 e. The molecule has 2 aromatic carbocycles. The topological polar surface area (TPSA) is 174 Å². The van der Waals surface area contributed by atoms with E-state index in [0.717, 1.165) is 5.56 Å². The fraction of sp³-hybridized carbons (Fsp3) is 0.500. The average Bonchev–Trinajstić information content (AvgIpc) is 3.36. The Balaban J connectivity index is 1.87. The summed E-state index contributed by atoms with van der Waals surface area (Å²) in [6.45, 7) is 3.92. The number of hydrogen-bond donors (Lipinski definition) is 3. The van der Waals surface area contributed by atoms with Gasteiger partial charge in [0.05, 0.1) is 17.0 Å². The minimum absolute atomic E-state index is 0.00777. The van der Waals surface area contributed by atoms with E-state index < -0.39 is 33.7 Å². The standard InChI is InChI=1S/C26H35N5O7S/c1-26(2,12-6-7-13-28-30-27)17-31(39(35,36)20-10-11-23-24(15-20)38-18-37-23)16-22(32)21(29-25(33)34)14-19-8-4-3-5-9-19/h3-5,8-11,15,21-22,29,32H,6-7,12-14,16-18H2,1-2H3,(H,33,34)/t21-,22+/m0/s1. The third-order valence-electron chi connectivity index (χ3n) is 6.47. The van der Waals surface area contributed by atoms with Gasteiger partial charge in [0.2, 0.25) is 16.8 Å². The van der Waals surface area contributed by atoms with Crippen LogP contribution in [0.15, 0.2) is 58.5 Å². The number of aliphatic hydroxyl groups is 1. The lowest BCUT2D eigenvalue weighted by Gasteiger charge is -2.35. The van der Waals surface area contributed by atoms with Gasteiger partial charge in [-0.3, -0.25) is 0 Å². The number of ether oxygens (including phenoxy) is 2. The number of benzene rings is 2. The molecule has 0 saturated heterocycles. The van der Waals surface area contributed by atoms with Crippen LogP contribution in [0.25, 0.3) is 10.4 Å². The molecule has 0 bridgehead atoms. The molecule has 0 fully saturated rings. The molecule has 3 rings (SSSR count). The van der Waals surface area contributed by atoms with Gasteiger partial charge in [-0.1, -0.05) is 55.7 Å². The molecule has 2 aromatic rings. The number of unbranched alkanes of at least 4 members (excludes halogenated alkanes) is 1. The second-order valence-electron chi connectivity index (χ2n) is 10.2. The minimum Gasteiger partial charge on any atom is -0.465 e. The molecule has 0 aromatic heterocycles. The summed E-state index contributed by atoms with van der Waals surface area (Å²) < 4.78 is 39.6. The second kappa shape index (κ2) is 13.5. The Morgan fingerprint density at radius 3 is 2.59 bits per heavy atom. The van der Waals surface area contributed by atoms with Gasteiger partial charge in [-0.2, -0.15) is 4.31 Å². The van der Waals surface area contributed by atoms with E-state index in [-0.39, 0.29) is 31.2 Å². The molecule has 1 heterocycles. The number of rotatable bonds is 15. The van der Waals surface area contributed by atoms with Crippen LogP contribution in [-0.4, -0.2) is 67.6 Å². The molecule has 12 nitrogen and oxygen atoms in total. The largest absolute Gasteiger partial charge is 0.465 e. The Morgan fingerprint density at radius 1 is 1.18 bits per heavy atom. The van der Waals surface area contributed by atoms with E-state index in [1.807, 2.05) is 32.0 Å². The number of carboxylic acid groups (broad SMARTS) is 1. The fourth-order valence-electron chi connectivity index (χ4n) is 4.47. The van der Waals surface area contributed by atoms with Crippen molar-refractivity contribution in [3.63, 3.8) is 0 Å². The molecule has 3 N–H and O–H groups in total. The molecule has 1 amide bonds. The zero-order valence-corrected chi connectivity index (χ0v) is 22.9. The Bertz CT molecular complexity index is 1270. The van der Waals surface area contributed by atoms with Crippen molar-refractivity contribution in [1.82, 2.24) is 9.62 Å². The number of azide groups is 1. The van der Waals surface area contributed by atoms with Gasteiger partial charge < -0.3 is 25.0 Å². The van der Waals surface area contributed by atoms with Crippen molar-refractivity contribution >= 4 is 16.1 Å². The molecular formula is C26H35N5O7S. The predicted octanol–water partition coefficient (Wildman–Crippen LogP) is 4.15. The van der Waals surface area contributed by atoms with Crippen molar-refractivity contribution in [2.75, 3.05) is 26.4 Å². The van der Waals surface area contributed by atoms with Crippen molar-refractivity contribution < 1.29 is 32.9 Å². The maximum absolute atomic E-state index is 13.9. The van der Waals surface area contributed by atoms with E-state index >= 15 is 0 Å². The molecule has 0 saturated carbocycles. The summed E-state index contributed by atoms with van der Waals surface area (Å²) in [6, 6.07) is 12.4. The van der Waals surface area contributed by atoms with Crippen LogP contribution in [0.4, 0.5) is 4.79 Å². The summed E-state index contributed by atoms with van der Waals surface area (Å²) in [5, 5.41) is 26.5. The molecule has 2 atom stereocenters. The van der Waals surface area contributed by atoms with Crippen LogP contribution in [0.5, 0.6) is 11.5 Å². The summed E-state index contributed by atoms with van der Waals surface area (Å²) in [6.07, 6.45) is -0.477. The van der Waals surface area contributed by atoms with Crippen LogP contribution in [-0.2, 0) is 16.4 Å². The third kappa shape index (κ3) is 8.75. The molecule has 0 aliphatic carbocycles. The number of nitrogens with one attached hydrogen (secondary N) is 1. The Morgan fingerprint density at radius 2 is 1.90 bits per heavy atom. The normalized spacial score (nSPS) is 14.5. The number of aliphatic hydroxyl groups excluding tert-OH is 1. The van der Waals surface area contributed by atoms with Crippen molar-refractivity contribution in [2.45, 2.75) is 56.6 Å². The second-order valence-corrected chi connectivity index (χ2v) is 12.1. The van der Waals surface area contributed by atoms with Crippen LogP contribution >= 0.6 is 0 Å². The van der Waals surface area contributed by atoms with E-state index in [9.17, 15) is 23.4 Å². The number of sulfonamides is 1. The van der Waals surface area contributed by atoms with Crippen LogP contribution in [0.1, 0.15) is 38.7 Å². The van der Waals surface area contributed by atoms with E-state index in [0.29, 0.717) is 37.3 Å². The van der Waals surface area contributed by atoms with Crippen LogP contribution < -0.4 is 14.8 Å². The van der Waals surface area contributed by atoms with Crippen LogP contribution in [0.3, 0.4) is 0 Å². The Labute approximate surface area is 228 Å². The maximum atomic E-state index is 13.9. The molecule has 0 unspecified atom stereocenters. The number of amides is 1. The van der Waals surface area contributed by atoms with Gasteiger partial charge in [-0.05, 0) is 47.9 Å². The van der Waals surface area contributed by atoms with E-state index in [2.05, 4.69) is 15.3 Å². The molecule has 39 heavy (non-hydrogen) atoms. The summed E-state index contributed by atoms with van der Waals surface area (Å²) in [4.78, 5) is 14.3. The zero-order chi connectivity index (χ0) is 28.5. The summed E-state index contributed by atoms with van der Waals surface area (Å²) in [5.41, 5.74) is 8.77. The first kappa shape index (κ1) is 30.0. The highest BCUT2D eigenvalue weighted by Crippen LogP contribution is 2.36. The van der Waals surface area contributed by atoms with E-state index in [4.69, 9.17) is 15.0 Å². The quantitative estimate of drug-likeness (QED) is 0.127. The summed E-state index contributed by atoms with van der Waals surface area (Å²) in [5.74, 6) is 0.748. The van der Waals surface area contributed by atoms with Gasteiger partial charge in [0, 0.05) is 30.6 Å². The lowest BCUT2D eigenvalue weighted by Crippen LogP contribution is -2.51. The van der Waals surface area contributed by atoms with E-state index in [1.165, 1.54) is 22.5 Å². The van der Waals surface area contributed by atoms with E-state index in [1.54, 1.807) is 12.1 Å². The number of hydrogen-bond acceptors (Lipinski definition) is 7. The first-order chi connectivity index (χ1) is 18.5. The van der Waals surface area contributed by atoms with Crippen LogP contribution in [0.2, 0.25) is 0 Å². The first-order valence-electron chi connectivity index (χ1n) is 12.6. The van der Waals surface area contributed by atoms with Gasteiger partial charge in [0.1, 0.15) is 0 Å². The summed E-state index contributed by atoms with van der Waals surface area (Å²) in [7, 11) is -4.13. The monoisotopic (exact) mass is 561 g/mol. The lowest BCUT2D eigenvalue weighted by molar-refractivity contribution is 0.0903. The summed E-state index contributed by atoms with van der Waals surface area (Å²) >= 11 is 0. The Hall–Kier alpha value is -3.51. The highest BCUT2D eigenvalue weighted by atomic mass is 32.2. The van der Waals surface area contributed by atoms with Gasteiger partial charge >= 0.3 is 6.09 Å². The first-order valence-corrected chi connectivity index (χ1v) is 14.1. The average molecular weight is 562 g/mol. The predicted molar refractivity (Wildman–Crippen MR) is 144 cm³/mol. The van der Waals surface area contributed by atoms with Crippen molar-refractivity contribution in [2.24, 2.45) is 10.5 Å². The molecular weight excluding hydrogens is 526 g/mol. The van der Waals surface area contributed by atoms with Crippen LogP contribution in [0, 0.1) is 5.41 Å². The lowest BCUT2D eigenvalue weighted by atomic mass is 9.87. The van der Waals surface area contributed by atoms with Crippen molar-refractivity contribution in [3.8, 4) is 11.5 Å². The van der Waals surface area contributed by atoms with Gasteiger partial charge in [-0.25, -0.2) is 13.2 Å². The number of carbonyl (C=O) groups is 1. The van der Waals surface area contributed by atoms with Crippen molar-refractivity contribution in [3.05, 3.63) is 64.5 Å². The highest BCUT2D eigenvalue weighted by molar-refractivity contribution is 7.89. The third-order valence-corrected chi connectivity index (χ3v) is 8.28. The zero-order valence-electron chi connectivity index (χ0n) is 22.1. The van der Waals surface area contributed by atoms with Gasteiger partial charge in [0.15, 0.2) is 11.5 Å². The SMILES string of the molecule is CC(C)(CCCCN=[N+]=[N-])CN(C[C@@H](O)[C@H](Cc1ccccc1)NC(=O)O)S(=O)(=O)c1ccc2c(c1)OCO2. The molecule has 1 aliphatic heterocycles. The van der Waals surface area contributed by atoms with Gasteiger partial charge in [-0.15, -0.1) is 0 Å². The Kier molecular flexibility index (Phi) is 10.4. The molecule has 0 spiro atoms. The number of nitrogens with zero attached hydrogens (tertiary/aromatic N) is 4. The highest BCUT2D eigenvalue weighted by Gasteiger charge is 2.35. The minimum atomic E-state index is -4.13. The number of fused-ring (bicyclic) bond motifs is 1. The van der Waals surface area contributed by atoms with Gasteiger partial charge in [0.25, 0.3) is 0 Å². The fourth-order valence-corrected chi connectivity index (χ4v) is 6.13. The molecule has 13 heteroatoms. The smallest absolute Gasteiger partial charge is 0.404 e.